The number of carbonyl (C=O) groups is 1. The highest BCUT2D eigenvalue weighted by Crippen LogP contribution is 2.22. The molecule has 0 heterocycles. The lowest BCUT2D eigenvalue weighted by molar-refractivity contribution is 0.00514. The Balaban J connectivity index is 2.55. The third-order valence-electron chi connectivity index (χ3n) is 2.33. The van der Waals surface area contributed by atoms with E-state index in [4.69, 9.17) is 9.84 Å². The molecule has 0 aliphatic carbocycles. The second-order valence-electron chi connectivity index (χ2n) is 4.16. The second kappa shape index (κ2) is 6.23. The zero-order chi connectivity index (χ0) is 13.6. The molecule has 2 amide bonds. The first-order valence-corrected chi connectivity index (χ1v) is 5.49. The van der Waals surface area contributed by atoms with Gasteiger partial charge in [-0.3, -0.25) is 0 Å². The van der Waals surface area contributed by atoms with Crippen LogP contribution in [0.2, 0.25) is 0 Å². The summed E-state index contributed by atoms with van der Waals surface area (Å²) in [4.78, 5) is 11.6. The van der Waals surface area contributed by atoms with Crippen molar-refractivity contribution in [2.24, 2.45) is 0 Å². The predicted molar refractivity (Wildman–Crippen MR) is 67.7 cm³/mol. The summed E-state index contributed by atoms with van der Waals surface area (Å²) in [6.07, 6.45) is 0. The van der Waals surface area contributed by atoms with Gasteiger partial charge < -0.3 is 25.6 Å². The zero-order valence-corrected chi connectivity index (χ0v) is 10.4. The standard InChI is InChI=1S/C12H18N2O4/c1-12(17,8-15)7-13-11(16)14-9-5-3-4-6-10(9)18-2/h3-6,15,17H,7-8H2,1-2H3,(H2,13,14,16). The average molecular weight is 254 g/mol. The third kappa shape index (κ3) is 4.23. The van der Waals surface area contributed by atoms with E-state index in [0.717, 1.165) is 0 Å². The molecule has 0 aliphatic rings. The summed E-state index contributed by atoms with van der Waals surface area (Å²) in [6, 6.07) is 6.50. The van der Waals surface area contributed by atoms with E-state index in [1.165, 1.54) is 14.0 Å². The SMILES string of the molecule is COc1ccccc1NC(=O)NCC(C)(O)CO. The van der Waals surface area contributed by atoms with E-state index in [-0.39, 0.29) is 6.54 Å². The van der Waals surface area contributed by atoms with Crippen LogP contribution in [0.5, 0.6) is 5.75 Å². The van der Waals surface area contributed by atoms with Crippen molar-refractivity contribution in [3.8, 4) is 5.75 Å². The molecule has 0 spiro atoms. The average Bonchev–Trinajstić information content (AvgIpc) is 2.37. The number of nitrogens with one attached hydrogen (secondary N) is 2. The van der Waals surface area contributed by atoms with Gasteiger partial charge in [0.2, 0.25) is 0 Å². The van der Waals surface area contributed by atoms with Crippen molar-refractivity contribution in [1.82, 2.24) is 5.32 Å². The van der Waals surface area contributed by atoms with E-state index in [1.54, 1.807) is 24.3 Å². The summed E-state index contributed by atoms with van der Waals surface area (Å²) < 4.78 is 5.08. The molecule has 18 heavy (non-hydrogen) atoms. The lowest BCUT2D eigenvalue weighted by atomic mass is 10.1. The summed E-state index contributed by atoms with van der Waals surface area (Å²) in [6.45, 7) is 0.947. The Labute approximate surface area is 106 Å². The fraction of sp³-hybridized carbons (Fsp3) is 0.417. The lowest BCUT2D eigenvalue weighted by Gasteiger charge is -2.20. The van der Waals surface area contributed by atoms with Crippen molar-refractivity contribution >= 4 is 11.7 Å². The normalized spacial score (nSPS) is 13.6. The minimum absolute atomic E-state index is 0.0511. The number of aliphatic hydroxyl groups excluding tert-OH is 1. The minimum Gasteiger partial charge on any atom is -0.495 e. The van der Waals surface area contributed by atoms with Crippen molar-refractivity contribution in [2.45, 2.75) is 12.5 Å². The van der Waals surface area contributed by atoms with Crippen LogP contribution in [-0.2, 0) is 0 Å². The van der Waals surface area contributed by atoms with E-state index in [0.29, 0.717) is 11.4 Å². The van der Waals surface area contributed by atoms with Crippen molar-refractivity contribution in [1.29, 1.82) is 0 Å². The first-order chi connectivity index (χ1) is 8.48. The molecule has 6 heteroatoms. The van der Waals surface area contributed by atoms with E-state index >= 15 is 0 Å². The first kappa shape index (κ1) is 14.3. The number of hydrogen-bond donors (Lipinski definition) is 4. The molecular formula is C12H18N2O4. The summed E-state index contributed by atoms with van der Waals surface area (Å²) in [7, 11) is 1.51. The van der Waals surface area contributed by atoms with Crippen LogP contribution in [0.4, 0.5) is 10.5 Å². The Morgan fingerprint density at radius 3 is 2.72 bits per heavy atom. The second-order valence-corrected chi connectivity index (χ2v) is 4.16. The Morgan fingerprint density at radius 1 is 1.44 bits per heavy atom. The van der Waals surface area contributed by atoms with Crippen LogP contribution in [0.15, 0.2) is 24.3 Å². The Hall–Kier alpha value is -1.79. The number of para-hydroxylation sites is 2. The van der Waals surface area contributed by atoms with Crippen LogP contribution in [0.3, 0.4) is 0 Å². The summed E-state index contributed by atoms with van der Waals surface area (Å²) in [5.41, 5.74) is -0.806. The highest BCUT2D eigenvalue weighted by Gasteiger charge is 2.19. The van der Waals surface area contributed by atoms with Gasteiger partial charge in [0.05, 0.1) is 25.9 Å². The molecule has 0 fully saturated rings. The van der Waals surface area contributed by atoms with Gasteiger partial charge in [0.25, 0.3) is 0 Å². The number of hydrogen-bond acceptors (Lipinski definition) is 4. The van der Waals surface area contributed by atoms with Gasteiger partial charge in [0.1, 0.15) is 11.4 Å². The predicted octanol–water partition coefficient (Wildman–Crippen LogP) is 0.560. The minimum atomic E-state index is -1.34. The fourth-order valence-corrected chi connectivity index (χ4v) is 1.24. The number of urea groups is 1. The van der Waals surface area contributed by atoms with Crippen LogP contribution in [0.25, 0.3) is 0 Å². The molecule has 100 valence electrons. The molecule has 1 atom stereocenters. The highest BCUT2D eigenvalue weighted by molar-refractivity contribution is 5.90. The lowest BCUT2D eigenvalue weighted by Crippen LogP contribution is -2.44. The van der Waals surface area contributed by atoms with Gasteiger partial charge >= 0.3 is 6.03 Å². The van der Waals surface area contributed by atoms with Gasteiger partial charge in [-0.25, -0.2) is 4.79 Å². The topological polar surface area (TPSA) is 90.8 Å². The summed E-state index contributed by atoms with van der Waals surface area (Å²) in [5, 5.41) is 23.4. The molecule has 4 N–H and O–H groups in total. The Kier molecular flexibility index (Phi) is 4.94. The van der Waals surface area contributed by atoms with Gasteiger partial charge in [0, 0.05) is 0 Å². The maximum absolute atomic E-state index is 11.6. The van der Waals surface area contributed by atoms with Gasteiger partial charge in [-0.15, -0.1) is 0 Å². The van der Waals surface area contributed by atoms with E-state index in [9.17, 15) is 9.90 Å². The van der Waals surface area contributed by atoms with E-state index in [1.807, 2.05) is 0 Å². The number of aliphatic hydroxyl groups is 2. The number of amides is 2. The Morgan fingerprint density at radius 2 is 2.11 bits per heavy atom. The molecule has 0 aromatic heterocycles. The molecule has 0 radical (unpaired) electrons. The van der Waals surface area contributed by atoms with Crippen molar-refractivity contribution in [2.75, 3.05) is 25.6 Å². The number of ether oxygens (including phenoxy) is 1. The van der Waals surface area contributed by atoms with Crippen LogP contribution in [0, 0.1) is 0 Å². The number of carbonyl (C=O) groups excluding carboxylic acids is 1. The van der Waals surface area contributed by atoms with E-state index < -0.39 is 18.2 Å². The quantitative estimate of drug-likeness (QED) is 0.618. The molecule has 6 nitrogen and oxygen atoms in total. The van der Waals surface area contributed by atoms with Gasteiger partial charge in [-0.05, 0) is 19.1 Å². The van der Waals surface area contributed by atoms with Gasteiger partial charge in [-0.1, -0.05) is 12.1 Å². The molecule has 0 saturated heterocycles. The van der Waals surface area contributed by atoms with Crippen LogP contribution in [0.1, 0.15) is 6.92 Å². The molecule has 1 unspecified atom stereocenters. The van der Waals surface area contributed by atoms with Gasteiger partial charge in [-0.2, -0.15) is 0 Å². The molecule has 0 aliphatic heterocycles. The summed E-state index contributed by atoms with van der Waals surface area (Å²) in [5.74, 6) is 0.543. The molecule has 0 bridgehead atoms. The van der Waals surface area contributed by atoms with Gasteiger partial charge in [0.15, 0.2) is 0 Å². The first-order valence-electron chi connectivity index (χ1n) is 5.49. The largest absolute Gasteiger partial charge is 0.495 e. The maximum Gasteiger partial charge on any atom is 0.319 e. The van der Waals surface area contributed by atoms with Crippen molar-refractivity contribution in [3.05, 3.63) is 24.3 Å². The zero-order valence-electron chi connectivity index (χ0n) is 10.4. The fourth-order valence-electron chi connectivity index (χ4n) is 1.24. The van der Waals surface area contributed by atoms with Crippen molar-refractivity contribution < 1.29 is 19.7 Å². The number of benzene rings is 1. The number of rotatable bonds is 5. The highest BCUT2D eigenvalue weighted by atomic mass is 16.5. The van der Waals surface area contributed by atoms with E-state index in [2.05, 4.69) is 10.6 Å². The molecular weight excluding hydrogens is 236 g/mol. The molecule has 1 aromatic carbocycles. The number of anilines is 1. The summed E-state index contributed by atoms with van der Waals surface area (Å²) >= 11 is 0. The molecule has 1 aromatic rings. The Bertz CT molecular complexity index is 407. The smallest absolute Gasteiger partial charge is 0.319 e. The third-order valence-corrected chi connectivity index (χ3v) is 2.33. The monoisotopic (exact) mass is 254 g/mol. The molecule has 0 saturated carbocycles. The van der Waals surface area contributed by atoms with Crippen LogP contribution >= 0.6 is 0 Å². The van der Waals surface area contributed by atoms with Crippen molar-refractivity contribution in [3.63, 3.8) is 0 Å². The molecule has 1 rings (SSSR count). The van der Waals surface area contributed by atoms with Crippen LogP contribution < -0.4 is 15.4 Å². The van der Waals surface area contributed by atoms with Crippen LogP contribution in [-0.4, -0.2) is 42.1 Å². The number of methoxy groups -OCH3 is 1. The maximum atomic E-state index is 11.6.